The molecule has 0 aliphatic heterocycles. The highest BCUT2D eigenvalue weighted by Crippen LogP contribution is 2.20. The molecule has 0 bridgehead atoms. The first kappa shape index (κ1) is 12.6. The van der Waals surface area contributed by atoms with Gasteiger partial charge in [0.25, 0.3) is 10.0 Å². The van der Waals surface area contributed by atoms with E-state index < -0.39 is 10.0 Å². The van der Waals surface area contributed by atoms with Gasteiger partial charge in [0.2, 0.25) is 5.16 Å². The highest BCUT2D eigenvalue weighted by Gasteiger charge is 2.24. The fourth-order valence-corrected chi connectivity index (χ4v) is 3.80. The summed E-state index contributed by atoms with van der Waals surface area (Å²) in [6, 6.07) is 7.36. The van der Waals surface area contributed by atoms with Crippen LogP contribution in [0.1, 0.15) is 32.1 Å². The molecule has 19 heavy (non-hydrogen) atoms. The highest BCUT2D eigenvalue weighted by atomic mass is 32.2. The SMILES string of the molecule is O=S(=O)(NC1CCCCC1)c1nc2ccccc2[nH]1. The fourth-order valence-electron chi connectivity index (χ4n) is 2.55. The average molecular weight is 279 g/mol. The Hall–Kier alpha value is -1.40. The number of sulfonamides is 1. The van der Waals surface area contributed by atoms with Crippen LogP contribution < -0.4 is 4.72 Å². The number of benzene rings is 1. The van der Waals surface area contributed by atoms with E-state index in [0.29, 0.717) is 5.52 Å². The molecule has 1 aromatic heterocycles. The van der Waals surface area contributed by atoms with Crippen LogP contribution >= 0.6 is 0 Å². The van der Waals surface area contributed by atoms with Gasteiger partial charge in [0.1, 0.15) is 0 Å². The molecular formula is C13H17N3O2S. The van der Waals surface area contributed by atoms with E-state index in [1.54, 1.807) is 6.07 Å². The molecule has 0 saturated heterocycles. The molecule has 1 fully saturated rings. The van der Waals surface area contributed by atoms with E-state index in [9.17, 15) is 8.42 Å². The summed E-state index contributed by atoms with van der Waals surface area (Å²) in [5.74, 6) is 0. The maximum absolute atomic E-state index is 12.3. The number of para-hydroxylation sites is 2. The lowest BCUT2D eigenvalue weighted by Gasteiger charge is -2.21. The molecule has 1 aliphatic carbocycles. The van der Waals surface area contributed by atoms with Gasteiger partial charge < -0.3 is 4.98 Å². The monoisotopic (exact) mass is 279 g/mol. The molecule has 0 atom stereocenters. The molecule has 1 aromatic carbocycles. The molecule has 102 valence electrons. The lowest BCUT2D eigenvalue weighted by Crippen LogP contribution is -2.36. The minimum absolute atomic E-state index is 0.0132. The van der Waals surface area contributed by atoms with Crippen molar-refractivity contribution in [1.29, 1.82) is 0 Å². The minimum atomic E-state index is -3.54. The summed E-state index contributed by atoms with van der Waals surface area (Å²) in [6.45, 7) is 0. The van der Waals surface area contributed by atoms with Gasteiger partial charge in [-0.2, -0.15) is 0 Å². The second-order valence-electron chi connectivity index (χ2n) is 5.02. The van der Waals surface area contributed by atoms with E-state index in [4.69, 9.17) is 0 Å². The van der Waals surface area contributed by atoms with Gasteiger partial charge in [-0.15, -0.1) is 0 Å². The Labute approximate surface area is 112 Å². The first-order chi connectivity index (χ1) is 9.15. The van der Waals surface area contributed by atoms with Crippen LogP contribution in [0.25, 0.3) is 11.0 Å². The van der Waals surface area contributed by atoms with Crippen LogP contribution in [0.2, 0.25) is 0 Å². The first-order valence-corrected chi connectivity index (χ1v) is 8.10. The number of imidazole rings is 1. The van der Waals surface area contributed by atoms with Crippen LogP contribution in [0.3, 0.4) is 0 Å². The van der Waals surface area contributed by atoms with E-state index in [2.05, 4.69) is 14.7 Å². The zero-order valence-corrected chi connectivity index (χ0v) is 11.4. The summed E-state index contributed by atoms with van der Waals surface area (Å²) in [5, 5.41) is 0.0132. The van der Waals surface area contributed by atoms with Crippen molar-refractivity contribution in [2.75, 3.05) is 0 Å². The standard InChI is InChI=1S/C13H17N3O2S/c17-19(18,16-10-6-2-1-3-7-10)13-14-11-8-4-5-9-12(11)15-13/h4-5,8-10,16H,1-3,6-7H2,(H,14,15). The van der Waals surface area contributed by atoms with Gasteiger partial charge in [0.05, 0.1) is 11.0 Å². The average Bonchev–Trinajstić information content (AvgIpc) is 2.84. The molecular weight excluding hydrogens is 262 g/mol. The third-order valence-corrected chi connectivity index (χ3v) is 4.90. The molecule has 6 heteroatoms. The van der Waals surface area contributed by atoms with Crippen molar-refractivity contribution in [3.05, 3.63) is 24.3 Å². The maximum Gasteiger partial charge on any atom is 0.274 e. The molecule has 1 aliphatic rings. The molecule has 2 aromatic rings. The number of rotatable bonds is 3. The van der Waals surface area contributed by atoms with Gasteiger partial charge in [-0.25, -0.2) is 18.1 Å². The van der Waals surface area contributed by atoms with Gasteiger partial charge in [-0.1, -0.05) is 31.4 Å². The summed E-state index contributed by atoms with van der Waals surface area (Å²) in [7, 11) is -3.54. The number of aromatic nitrogens is 2. The smallest absolute Gasteiger partial charge is 0.274 e. The van der Waals surface area contributed by atoms with E-state index >= 15 is 0 Å². The number of nitrogens with one attached hydrogen (secondary N) is 2. The van der Waals surface area contributed by atoms with Gasteiger partial charge in [-0.3, -0.25) is 0 Å². The number of nitrogens with zero attached hydrogens (tertiary/aromatic N) is 1. The summed E-state index contributed by atoms with van der Waals surface area (Å²) >= 11 is 0. The highest BCUT2D eigenvalue weighted by molar-refractivity contribution is 7.89. The van der Waals surface area contributed by atoms with Gasteiger partial charge in [0.15, 0.2) is 0 Å². The van der Waals surface area contributed by atoms with Crippen LogP contribution in [-0.2, 0) is 10.0 Å². The van der Waals surface area contributed by atoms with Crippen molar-refractivity contribution in [3.8, 4) is 0 Å². The largest absolute Gasteiger partial charge is 0.328 e. The number of hydrogen-bond donors (Lipinski definition) is 2. The van der Waals surface area contributed by atoms with Gasteiger partial charge in [-0.05, 0) is 25.0 Å². The van der Waals surface area contributed by atoms with E-state index in [1.807, 2.05) is 18.2 Å². The zero-order valence-electron chi connectivity index (χ0n) is 10.6. The molecule has 0 spiro atoms. The van der Waals surface area contributed by atoms with Crippen LogP contribution in [0.5, 0.6) is 0 Å². The molecule has 1 saturated carbocycles. The Morgan fingerprint density at radius 3 is 2.63 bits per heavy atom. The molecule has 0 unspecified atom stereocenters. The van der Waals surface area contributed by atoms with Crippen molar-refractivity contribution in [1.82, 2.24) is 14.7 Å². The number of aromatic amines is 1. The minimum Gasteiger partial charge on any atom is -0.328 e. The molecule has 3 rings (SSSR count). The lowest BCUT2D eigenvalue weighted by atomic mass is 9.96. The topological polar surface area (TPSA) is 74.8 Å². The van der Waals surface area contributed by atoms with Crippen LogP contribution in [-0.4, -0.2) is 24.4 Å². The van der Waals surface area contributed by atoms with Crippen LogP contribution in [0.15, 0.2) is 29.4 Å². The number of H-pyrrole nitrogens is 1. The molecule has 2 N–H and O–H groups in total. The number of fused-ring (bicyclic) bond motifs is 1. The summed E-state index contributed by atoms with van der Waals surface area (Å²) in [6.07, 6.45) is 5.21. The second kappa shape index (κ2) is 4.94. The second-order valence-corrected chi connectivity index (χ2v) is 6.64. The third-order valence-electron chi connectivity index (χ3n) is 3.55. The van der Waals surface area contributed by atoms with E-state index in [-0.39, 0.29) is 11.2 Å². The van der Waals surface area contributed by atoms with Crippen LogP contribution in [0.4, 0.5) is 0 Å². The quantitative estimate of drug-likeness (QED) is 0.904. The van der Waals surface area contributed by atoms with Crippen molar-refractivity contribution >= 4 is 21.1 Å². The summed E-state index contributed by atoms with van der Waals surface area (Å²) < 4.78 is 27.3. The van der Waals surface area contributed by atoms with Crippen molar-refractivity contribution in [2.24, 2.45) is 0 Å². The third kappa shape index (κ3) is 2.64. The van der Waals surface area contributed by atoms with Crippen molar-refractivity contribution in [3.63, 3.8) is 0 Å². The van der Waals surface area contributed by atoms with Crippen molar-refractivity contribution in [2.45, 2.75) is 43.3 Å². The van der Waals surface area contributed by atoms with Crippen LogP contribution in [0, 0.1) is 0 Å². The Balaban J connectivity index is 1.86. The Bertz CT molecular complexity index is 639. The lowest BCUT2D eigenvalue weighted by molar-refractivity contribution is 0.411. The maximum atomic E-state index is 12.3. The Morgan fingerprint density at radius 1 is 1.16 bits per heavy atom. The number of hydrogen-bond acceptors (Lipinski definition) is 3. The predicted octanol–water partition coefficient (Wildman–Crippen LogP) is 2.17. The molecule has 0 radical (unpaired) electrons. The van der Waals surface area contributed by atoms with E-state index in [0.717, 1.165) is 31.2 Å². The molecule has 0 amide bonds. The van der Waals surface area contributed by atoms with E-state index in [1.165, 1.54) is 6.42 Å². The normalized spacial score (nSPS) is 17.9. The zero-order chi connectivity index (χ0) is 13.3. The first-order valence-electron chi connectivity index (χ1n) is 6.62. The molecule has 1 heterocycles. The Kier molecular flexibility index (Phi) is 3.28. The Morgan fingerprint density at radius 2 is 1.89 bits per heavy atom. The van der Waals surface area contributed by atoms with Gasteiger partial charge in [0, 0.05) is 6.04 Å². The fraction of sp³-hybridized carbons (Fsp3) is 0.462. The van der Waals surface area contributed by atoms with Gasteiger partial charge >= 0.3 is 0 Å². The van der Waals surface area contributed by atoms with Crippen molar-refractivity contribution < 1.29 is 8.42 Å². The molecule has 5 nitrogen and oxygen atoms in total. The summed E-state index contributed by atoms with van der Waals surface area (Å²) in [4.78, 5) is 7.01. The predicted molar refractivity (Wildman–Crippen MR) is 73.3 cm³/mol. The summed E-state index contributed by atoms with van der Waals surface area (Å²) in [5.41, 5.74) is 1.41.